The van der Waals surface area contributed by atoms with Crippen LogP contribution in [0.25, 0.3) is 0 Å². The number of rotatable bonds is 7. The molecular formula is C16H21NOS. The summed E-state index contributed by atoms with van der Waals surface area (Å²) < 4.78 is 5.70. The van der Waals surface area contributed by atoms with E-state index in [1.54, 1.807) is 11.3 Å². The van der Waals surface area contributed by atoms with Crippen LogP contribution in [0.5, 0.6) is 5.75 Å². The molecule has 19 heavy (non-hydrogen) atoms. The van der Waals surface area contributed by atoms with E-state index in [1.165, 1.54) is 16.0 Å². The van der Waals surface area contributed by atoms with Crippen molar-refractivity contribution in [2.24, 2.45) is 0 Å². The van der Waals surface area contributed by atoms with Crippen molar-refractivity contribution in [1.82, 2.24) is 5.32 Å². The van der Waals surface area contributed by atoms with Crippen molar-refractivity contribution in [2.45, 2.75) is 26.8 Å². The van der Waals surface area contributed by atoms with Gasteiger partial charge in [-0.3, -0.25) is 0 Å². The van der Waals surface area contributed by atoms with Crippen molar-refractivity contribution in [1.29, 1.82) is 0 Å². The summed E-state index contributed by atoms with van der Waals surface area (Å²) in [6.07, 6.45) is 1.07. The summed E-state index contributed by atoms with van der Waals surface area (Å²) in [4.78, 5) is 1.41. The second kappa shape index (κ2) is 7.31. The van der Waals surface area contributed by atoms with E-state index in [-0.39, 0.29) is 0 Å². The fourth-order valence-electron chi connectivity index (χ4n) is 1.85. The van der Waals surface area contributed by atoms with Gasteiger partial charge in [-0.1, -0.05) is 19.1 Å². The van der Waals surface area contributed by atoms with Crippen LogP contribution in [0, 0.1) is 6.92 Å². The van der Waals surface area contributed by atoms with Crippen LogP contribution in [0.15, 0.2) is 35.7 Å². The van der Waals surface area contributed by atoms with Crippen LogP contribution in [-0.2, 0) is 13.0 Å². The Morgan fingerprint density at radius 2 is 1.95 bits per heavy atom. The van der Waals surface area contributed by atoms with Gasteiger partial charge in [0.2, 0.25) is 0 Å². The fraction of sp³-hybridized carbons (Fsp3) is 0.375. The van der Waals surface area contributed by atoms with E-state index in [2.05, 4.69) is 42.7 Å². The van der Waals surface area contributed by atoms with E-state index in [4.69, 9.17) is 4.74 Å². The number of hydrogen-bond acceptors (Lipinski definition) is 3. The summed E-state index contributed by atoms with van der Waals surface area (Å²) in [7, 11) is 0. The lowest BCUT2D eigenvalue weighted by Gasteiger charge is -2.08. The summed E-state index contributed by atoms with van der Waals surface area (Å²) in [5, 5.41) is 5.54. The minimum Gasteiger partial charge on any atom is -0.492 e. The number of hydrogen-bond donors (Lipinski definition) is 1. The van der Waals surface area contributed by atoms with Crippen molar-refractivity contribution < 1.29 is 4.74 Å². The maximum atomic E-state index is 5.70. The summed E-state index contributed by atoms with van der Waals surface area (Å²) in [5.41, 5.74) is 2.72. The zero-order valence-corrected chi connectivity index (χ0v) is 12.4. The lowest BCUT2D eigenvalue weighted by molar-refractivity contribution is 0.314. The van der Waals surface area contributed by atoms with Gasteiger partial charge < -0.3 is 10.1 Å². The van der Waals surface area contributed by atoms with Gasteiger partial charge in [0.05, 0.1) is 0 Å². The van der Waals surface area contributed by atoms with Crippen molar-refractivity contribution >= 4 is 11.3 Å². The predicted octanol–water partition coefficient (Wildman–Crippen LogP) is 3.79. The minimum atomic E-state index is 0.704. The first-order valence-electron chi connectivity index (χ1n) is 6.75. The molecule has 2 aromatic rings. The summed E-state index contributed by atoms with van der Waals surface area (Å²) in [6.45, 7) is 6.82. The van der Waals surface area contributed by atoms with Crippen LogP contribution in [0.1, 0.15) is 22.9 Å². The molecule has 1 aromatic heterocycles. The second-order valence-corrected chi connectivity index (χ2v) is 5.55. The van der Waals surface area contributed by atoms with Crippen molar-refractivity contribution in [2.75, 3.05) is 13.2 Å². The van der Waals surface area contributed by atoms with E-state index in [0.29, 0.717) is 6.61 Å². The average Bonchev–Trinajstić information content (AvgIpc) is 2.85. The van der Waals surface area contributed by atoms with Gasteiger partial charge >= 0.3 is 0 Å². The lowest BCUT2D eigenvalue weighted by atomic mass is 10.2. The second-order valence-electron chi connectivity index (χ2n) is 4.55. The molecule has 0 amide bonds. The quantitative estimate of drug-likeness (QED) is 0.776. The number of thiophene rings is 1. The van der Waals surface area contributed by atoms with Gasteiger partial charge in [0.15, 0.2) is 0 Å². The third-order valence-electron chi connectivity index (χ3n) is 3.13. The molecule has 0 atom stereocenters. The van der Waals surface area contributed by atoms with Gasteiger partial charge in [-0.25, -0.2) is 0 Å². The van der Waals surface area contributed by atoms with Gasteiger partial charge in [0.25, 0.3) is 0 Å². The first-order valence-corrected chi connectivity index (χ1v) is 7.63. The highest BCUT2D eigenvalue weighted by Crippen LogP contribution is 2.15. The molecule has 0 radical (unpaired) electrons. The molecule has 0 aliphatic heterocycles. The number of nitrogens with one attached hydrogen (secondary N) is 1. The maximum Gasteiger partial charge on any atom is 0.119 e. The zero-order valence-electron chi connectivity index (χ0n) is 11.6. The van der Waals surface area contributed by atoms with Crippen molar-refractivity contribution in [3.05, 3.63) is 51.7 Å². The Morgan fingerprint density at radius 3 is 2.58 bits per heavy atom. The third kappa shape index (κ3) is 4.37. The van der Waals surface area contributed by atoms with Crippen LogP contribution in [0.2, 0.25) is 0 Å². The van der Waals surface area contributed by atoms with E-state index in [1.807, 2.05) is 12.1 Å². The zero-order chi connectivity index (χ0) is 13.5. The fourth-order valence-corrected chi connectivity index (χ4v) is 2.73. The molecule has 0 bridgehead atoms. The molecule has 2 rings (SSSR count). The highest BCUT2D eigenvalue weighted by atomic mass is 32.1. The molecule has 0 spiro atoms. The van der Waals surface area contributed by atoms with Crippen LogP contribution in [0.3, 0.4) is 0 Å². The summed E-state index contributed by atoms with van der Waals surface area (Å²) >= 11 is 1.80. The third-order valence-corrected chi connectivity index (χ3v) is 4.16. The summed E-state index contributed by atoms with van der Waals surface area (Å²) in [5.74, 6) is 0.950. The minimum absolute atomic E-state index is 0.704. The molecule has 1 aromatic carbocycles. The highest BCUT2D eigenvalue weighted by molar-refractivity contribution is 7.10. The highest BCUT2D eigenvalue weighted by Gasteiger charge is 1.99. The number of ether oxygens (including phenoxy) is 1. The van der Waals surface area contributed by atoms with Crippen molar-refractivity contribution in [3.8, 4) is 5.75 Å². The maximum absolute atomic E-state index is 5.70. The van der Waals surface area contributed by atoms with Gasteiger partial charge in [-0.2, -0.15) is 0 Å². The Morgan fingerprint density at radius 1 is 1.16 bits per heavy atom. The van der Waals surface area contributed by atoms with E-state index >= 15 is 0 Å². The van der Waals surface area contributed by atoms with Gasteiger partial charge in [0, 0.05) is 18.0 Å². The van der Waals surface area contributed by atoms with E-state index in [0.717, 1.165) is 25.3 Å². The van der Waals surface area contributed by atoms with Crippen LogP contribution in [0.4, 0.5) is 0 Å². The smallest absolute Gasteiger partial charge is 0.119 e. The van der Waals surface area contributed by atoms with Gasteiger partial charge in [-0.15, -0.1) is 11.3 Å². The molecular weight excluding hydrogens is 254 g/mol. The molecule has 102 valence electrons. The van der Waals surface area contributed by atoms with Gasteiger partial charge in [-0.05, 0) is 48.1 Å². The standard InChI is InChI=1S/C16H21NOS/c1-3-14-4-6-15(7-5-14)18-10-9-17-12-16-13(2)8-11-19-16/h4-8,11,17H,3,9-10,12H2,1-2H3. The number of benzene rings is 1. The largest absolute Gasteiger partial charge is 0.492 e. The molecule has 0 aliphatic rings. The average molecular weight is 275 g/mol. The first kappa shape index (κ1) is 14.1. The Bertz CT molecular complexity index is 490. The van der Waals surface area contributed by atoms with Gasteiger partial charge in [0.1, 0.15) is 12.4 Å². The lowest BCUT2D eigenvalue weighted by Crippen LogP contribution is -2.20. The normalized spacial score (nSPS) is 10.6. The molecule has 0 fully saturated rings. The Kier molecular flexibility index (Phi) is 5.43. The number of aryl methyl sites for hydroxylation is 2. The SMILES string of the molecule is CCc1ccc(OCCNCc2sccc2C)cc1. The molecule has 3 heteroatoms. The molecule has 0 saturated heterocycles. The van der Waals surface area contributed by atoms with Crippen molar-refractivity contribution in [3.63, 3.8) is 0 Å². The van der Waals surface area contributed by atoms with Crippen LogP contribution in [-0.4, -0.2) is 13.2 Å². The Balaban J connectivity index is 1.65. The Labute approximate surface area is 119 Å². The van der Waals surface area contributed by atoms with E-state index < -0.39 is 0 Å². The molecule has 0 unspecified atom stereocenters. The molecule has 1 N–H and O–H groups in total. The Hall–Kier alpha value is -1.32. The predicted molar refractivity (Wildman–Crippen MR) is 82.1 cm³/mol. The summed E-state index contributed by atoms with van der Waals surface area (Å²) in [6, 6.07) is 10.5. The van der Waals surface area contributed by atoms with Crippen LogP contribution >= 0.6 is 11.3 Å². The molecule has 0 aliphatic carbocycles. The first-order chi connectivity index (χ1) is 9.29. The molecule has 2 nitrogen and oxygen atoms in total. The molecule has 0 saturated carbocycles. The van der Waals surface area contributed by atoms with Crippen LogP contribution < -0.4 is 10.1 Å². The molecule has 1 heterocycles. The topological polar surface area (TPSA) is 21.3 Å². The van der Waals surface area contributed by atoms with E-state index in [9.17, 15) is 0 Å². The monoisotopic (exact) mass is 275 g/mol.